The van der Waals surface area contributed by atoms with Crippen LogP contribution < -0.4 is 5.32 Å². The monoisotopic (exact) mass is 578 g/mol. The highest BCUT2D eigenvalue weighted by Crippen LogP contribution is 2.28. The second kappa shape index (κ2) is 13.2. The molecule has 8 heteroatoms. The Morgan fingerprint density at radius 1 is 0.941 bits per heavy atom. The van der Waals surface area contributed by atoms with E-state index in [2.05, 4.69) is 21.2 Å². The van der Waals surface area contributed by atoms with Crippen LogP contribution in [0.25, 0.3) is 0 Å². The average molecular weight is 580 g/mol. The van der Waals surface area contributed by atoms with Crippen molar-refractivity contribution < 1.29 is 9.59 Å². The van der Waals surface area contributed by atoms with E-state index >= 15 is 0 Å². The molecule has 3 aromatic rings. The van der Waals surface area contributed by atoms with E-state index < -0.39 is 6.04 Å². The van der Waals surface area contributed by atoms with Crippen LogP contribution in [0.4, 0.5) is 0 Å². The van der Waals surface area contributed by atoms with Gasteiger partial charge in [-0.05, 0) is 41.0 Å². The normalized spacial score (nSPS) is 11.6. The molecule has 0 heterocycles. The Morgan fingerprint density at radius 2 is 1.59 bits per heavy atom. The molecule has 0 radical (unpaired) electrons. The first-order chi connectivity index (χ1) is 16.4. The maximum atomic E-state index is 13.5. The van der Waals surface area contributed by atoms with Gasteiger partial charge in [-0.25, -0.2) is 0 Å². The number of hydrogen-bond donors (Lipinski definition) is 1. The van der Waals surface area contributed by atoms with E-state index in [1.165, 1.54) is 11.8 Å². The molecule has 0 fully saturated rings. The summed E-state index contributed by atoms with van der Waals surface area (Å²) in [5.74, 6) is 0.370. The molecule has 3 aromatic carbocycles. The van der Waals surface area contributed by atoms with Crippen LogP contribution in [-0.4, -0.2) is 35.6 Å². The van der Waals surface area contributed by atoms with Crippen molar-refractivity contribution in [1.29, 1.82) is 0 Å². The van der Waals surface area contributed by atoms with Gasteiger partial charge in [0.25, 0.3) is 0 Å². The number of nitrogens with zero attached hydrogens (tertiary/aromatic N) is 1. The molecule has 0 aromatic heterocycles. The number of hydrogen-bond acceptors (Lipinski definition) is 3. The predicted octanol–water partition coefficient (Wildman–Crippen LogP) is 6.38. The van der Waals surface area contributed by atoms with E-state index in [0.717, 1.165) is 21.2 Å². The number of carbonyl (C=O) groups excluding carboxylic acids is 2. The molecule has 1 N–H and O–H groups in total. The van der Waals surface area contributed by atoms with Crippen molar-refractivity contribution in [3.63, 3.8) is 0 Å². The van der Waals surface area contributed by atoms with Crippen molar-refractivity contribution in [2.75, 3.05) is 12.8 Å². The molecule has 0 aliphatic carbocycles. The molecule has 0 aliphatic rings. The zero-order valence-corrected chi connectivity index (χ0v) is 22.6. The van der Waals surface area contributed by atoms with Crippen LogP contribution in [0.2, 0.25) is 10.0 Å². The summed E-state index contributed by atoms with van der Waals surface area (Å²) in [7, 11) is 1.59. The molecular formula is C26H25BrCl2N2O2S. The minimum absolute atomic E-state index is 0.124. The summed E-state index contributed by atoms with van der Waals surface area (Å²) >= 11 is 17.4. The fraction of sp³-hybridized carbons (Fsp3) is 0.231. The van der Waals surface area contributed by atoms with Gasteiger partial charge in [0.2, 0.25) is 11.8 Å². The number of rotatable bonds is 10. The highest BCUT2D eigenvalue weighted by Gasteiger charge is 2.29. The number of amides is 2. The molecule has 178 valence electrons. The molecule has 34 heavy (non-hydrogen) atoms. The Bertz CT molecular complexity index is 1090. The summed E-state index contributed by atoms with van der Waals surface area (Å²) in [5.41, 5.74) is 2.73. The molecule has 3 rings (SSSR count). The van der Waals surface area contributed by atoms with E-state index in [-0.39, 0.29) is 17.6 Å². The van der Waals surface area contributed by atoms with Gasteiger partial charge in [-0.3, -0.25) is 9.59 Å². The SMILES string of the molecule is CNC(=O)[C@H](Cc1ccccc1)N(Cc1ccc(Br)cc1)C(=O)CSCc1c(Cl)cccc1Cl. The van der Waals surface area contributed by atoms with Crippen LogP contribution in [0.5, 0.6) is 0 Å². The summed E-state index contributed by atoms with van der Waals surface area (Å²) in [6, 6.07) is 22.2. The fourth-order valence-corrected chi connectivity index (χ4v) is 5.41. The van der Waals surface area contributed by atoms with Crippen molar-refractivity contribution >= 4 is 62.7 Å². The summed E-state index contributed by atoms with van der Waals surface area (Å²) in [4.78, 5) is 28.1. The molecule has 0 saturated heterocycles. The van der Waals surface area contributed by atoms with Gasteiger partial charge in [0.15, 0.2) is 0 Å². The lowest BCUT2D eigenvalue weighted by molar-refractivity contribution is -0.139. The van der Waals surface area contributed by atoms with Crippen LogP contribution >= 0.6 is 50.9 Å². The lowest BCUT2D eigenvalue weighted by Gasteiger charge is -2.31. The second-order valence-electron chi connectivity index (χ2n) is 7.66. The Hall–Kier alpha value is -1.99. The predicted molar refractivity (Wildman–Crippen MR) is 145 cm³/mol. The van der Waals surface area contributed by atoms with Crippen LogP contribution in [-0.2, 0) is 28.3 Å². The first-order valence-corrected chi connectivity index (χ1v) is 13.4. The largest absolute Gasteiger partial charge is 0.357 e. The molecule has 0 spiro atoms. The van der Waals surface area contributed by atoms with Crippen LogP contribution in [0, 0.1) is 0 Å². The van der Waals surface area contributed by atoms with E-state index in [0.29, 0.717) is 28.8 Å². The molecule has 0 saturated carbocycles. The number of halogens is 3. The maximum absolute atomic E-state index is 13.5. The average Bonchev–Trinajstić information content (AvgIpc) is 2.84. The van der Waals surface area contributed by atoms with Crippen LogP contribution in [0.1, 0.15) is 16.7 Å². The van der Waals surface area contributed by atoms with Gasteiger partial charge in [0.05, 0.1) is 5.75 Å². The van der Waals surface area contributed by atoms with Crippen molar-refractivity contribution in [3.05, 3.63) is 104 Å². The smallest absolute Gasteiger partial charge is 0.242 e. The summed E-state index contributed by atoms with van der Waals surface area (Å²) < 4.78 is 0.952. The highest BCUT2D eigenvalue weighted by molar-refractivity contribution is 9.10. The molecule has 1 atom stereocenters. The van der Waals surface area contributed by atoms with E-state index in [4.69, 9.17) is 23.2 Å². The Labute approximate surface area is 223 Å². The van der Waals surface area contributed by atoms with Crippen molar-refractivity contribution in [2.45, 2.75) is 24.8 Å². The van der Waals surface area contributed by atoms with E-state index in [9.17, 15) is 9.59 Å². The summed E-state index contributed by atoms with van der Waals surface area (Å²) in [6.45, 7) is 0.324. The lowest BCUT2D eigenvalue weighted by atomic mass is 10.0. The molecular weight excluding hydrogens is 555 g/mol. The maximum Gasteiger partial charge on any atom is 0.242 e. The standard InChI is InChI=1S/C26H25BrCl2N2O2S/c1-30-26(33)24(14-18-6-3-2-4-7-18)31(15-19-10-12-20(27)13-11-19)25(32)17-34-16-21-22(28)8-5-9-23(21)29/h2-13,24H,14-17H2,1H3,(H,30,33)/t24-/m0/s1. The quantitative estimate of drug-likeness (QED) is 0.303. The van der Waals surface area contributed by atoms with Gasteiger partial charge in [-0.2, -0.15) is 0 Å². The van der Waals surface area contributed by atoms with Crippen molar-refractivity contribution in [2.24, 2.45) is 0 Å². The first kappa shape index (κ1) is 26.6. The van der Waals surface area contributed by atoms with Gasteiger partial charge in [0.1, 0.15) is 6.04 Å². The zero-order valence-electron chi connectivity index (χ0n) is 18.6. The third-order valence-corrected chi connectivity index (χ3v) is 7.50. The number of carbonyl (C=O) groups is 2. The minimum Gasteiger partial charge on any atom is -0.357 e. The lowest BCUT2D eigenvalue weighted by Crippen LogP contribution is -2.50. The Balaban J connectivity index is 1.82. The van der Waals surface area contributed by atoms with Gasteiger partial charge in [-0.1, -0.05) is 87.7 Å². The van der Waals surface area contributed by atoms with Gasteiger partial charge < -0.3 is 10.2 Å². The molecule has 0 aliphatic heterocycles. The van der Waals surface area contributed by atoms with Crippen molar-refractivity contribution in [3.8, 4) is 0 Å². The number of thioether (sulfide) groups is 1. The van der Waals surface area contributed by atoms with E-state index in [1.54, 1.807) is 30.1 Å². The topological polar surface area (TPSA) is 49.4 Å². The van der Waals surface area contributed by atoms with Gasteiger partial charge >= 0.3 is 0 Å². The van der Waals surface area contributed by atoms with Crippen molar-refractivity contribution in [1.82, 2.24) is 10.2 Å². The van der Waals surface area contributed by atoms with Crippen LogP contribution in [0.15, 0.2) is 77.3 Å². The molecule has 2 amide bonds. The van der Waals surface area contributed by atoms with Crippen LogP contribution in [0.3, 0.4) is 0 Å². The number of likely N-dealkylation sites (N-methyl/N-ethyl adjacent to an activating group) is 1. The van der Waals surface area contributed by atoms with Gasteiger partial charge in [-0.15, -0.1) is 11.8 Å². The molecule has 0 bridgehead atoms. The molecule has 4 nitrogen and oxygen atoms in total. The Morgan fingerprint density at radius 3 is 2.21 bits per heavy atom. The van der Waals surface area contributed by atoms with Gasteiger partial charge in [0, 0.05) is 40.3 Å². The summed E-state index contributed by atoms with van der Waals surface area (Å²) in [5, 5.41) is 3.88. The number of benzene rings is 3. The fourth-order valence-electron chi connectivity index (χ4n) is 3.50. The third kappa shape index (κ3) is 7.51. The second-order valence-corrected chi connectivity index (χ2v) is 10.4. The zero-order chi connectivity index (χ0) is 24.5. The number of nitrogens with one attached hydrogen (secondary N) is 1. The first-order valence-electron chi connectivity index (χ1n) is 10.7. The van der Waals surface area contributed by atoms with E-state index in [1.807, 2.05) is 54.6 Å². The Kier molecular flexibility index (Phi) is 10.3. The minimum atomic E-state index is -0.645. The summed E-state index contributed by atoms with van der Waals surface area (Å²) in [6.07, 6.45) is 0.420. The highest BCUT2D eigenvalue weighted by atomic mass is 79.9. The molecule has 0 unspecified atom stereocenters. The third-order valence-electron chi connectivity index (χ3n) is 5.32.